The van der Waals surface area contributed by atoms with Gasteiger partial charge in [0.1, 0.15) is 0 Å². The topological polar surface area (TPSA) is 46.9 Å². The lowest BCUT2D eigenvalue weighted by Gasteiger charge is -2.16. The summed E-state index contributed by atoms with van der Waals surface area (Å²) < 4.78 is 1.70. The van der Waals surface area contributed by atoms with E-state index in [9.17, 15) is 4.79 Å². The smallest absolute Gasteiger partial charge is 0.272 e. The van der Waals surface area contributed by atoms with Crippen LogP contribution in [0.3, 0.4) is 0 Å². The minimum Gasteiger partial charge on any atom is -0.348 e. The zero-order valence-electron chi connectivity index (χ0n) is 11.5. The number of para-hydroxylation sites is 1. The Morgan fingerprint density at radius 3 is 2.47 bits per heavy atom. The molecule has 1 amide bonds. The Morgan fingerprint density at radius 2 is 1.84 bits per heavy atom. The summed E-state index contributed by atoms with van der Waals surface area (Å²) in [4.78, 5) is 12.0. The Labute approximate surface area is 113 Å². The van der Waals surface area contributed by atoms with Gasteiger partial charge in [0.25, 0.3) is 5.91 Å². The number of rotatable bonds is 4. The van der Waals surface area contributed by atoms with E-state index in [0.29, 0.717) is 11.6 Å². The first-order chi connectivity index (χ1) is 9.08. The van der Waals surface area contributed by atoms with E-state index in [1.807, 2.05) is 37.3 Å². The van der Waals surface area contributed by atoms with E-state index in [1.54, 1.807) is 16.9 Å². The number of hydrogen-bond acceptors (Lipinski definition) is 2. The number of hydrogen-bond donors (Lipinski definition) is 1. The van der Waals surface area contributed by atoms with Gasteiger partial charge in [-0.1, -0.05) is 32.0 Å². The van der Waals surface area contributed by atoms with Crippen molar-refractivity contribution in [1.29, 1.82) is 0 Å². The van der Waals surface area contributed by atoms with Gasteiger partial charge in [0.05, 0.1) is 5.69 Å². The van der Waals surface area contributed by atoms with Crippen molar-refractivity contribution in [2.24, 2.45) is 5.92 Å². The standard InChI is InChI=1S/C15H19N3O/c1-11(2)12(3)16-15(19)14-9-10-18(17-14)13-7-5-4-6-8-13/h4-12H,1-3H3,(H,16,19)/t12-/m1/s1. The highest BCUT2D eigenvalue weighted by Crippen LogP contribution is 2.07. The van der Waals surface area contributed by atoms with Crippen LogP contribution in [0.5, 0.6) is 0 Å². The van der Waals surface area contributed by atoms with Crippen molar-refractivity contribution in [1.82, 2.24) is 15.1 Å². The summed E-state index contributed by atoms with van der Waals surface area (Å²) in [5, 5.41) is 7.24. The van der Waals surface area contributed by atoms with Crippen LogP contribution in [0.25, 0.3) is 5.69 Å². The molecule has 19 heavy (non-hydrogen) atoms. The van der Waals surface area contributed by atoms with Crippen molar-refractivity contribution in [3.05, 3.63) is 48.3 Å². The van der Waals surface area contributed by atoms with Crippen molar-refractivity contribution in [3.8, 4) is 5.69 Å². The van der Waals surface area contributed by atoms with Crippen LogP contribution in [0.15, 0.2) is 42.6 Å². The Kier molecular flexibility index (Phi) is 4.00. The molecule has 0 unspecified atom stereocenters. The maximum absolute atomic E-state index is 12.0. The van der Waals surface area contributed by atoms with Gasteiger partial charge in [-0.3, -0.25) is 4.79 Å². The third kappa shape index (κ3) is 3.22. The van der Waals surface area contributed by atoms with E-state index in [4.69, 9.17) is 0 Å². The van der Waals surface area contributed by atoms with E-state index in [-0.39, 0.29) is 11.9 Å². The Morgan fingerprint density at radius 1 is 1.16 bits per heavy atom. The number of aromatic nitrogens is 2. The van der Waals surface area contributed by atoms with Gasteiger partial charge >= 0.3 is 0 Å². The quantitative estimate of drug-likeness (QED) is 0.915. The molecule has 0 fully saturated rings. The SMILES string of the molecule is CC(C)[C@@H](C)NC(=O)c1ccn(-c2ccccc2)n1. The Bertz CT molecular complexity index is 546. The zero-order chi connectivity index (χ0) is 13.8. The van der Waals surface area contributed by atoms with Crippen LogP contribution in [-0.4, -0.2) is 21.7 Å². The molecule has 0 radical (unpaired) electrons. The number of carbonyl (C=O) groups is 1. The normalized spacial score (nSPS) is 12.4. The predicted molar refractivity (Wildman–Crippen MR) is 75.3 cm³/mol. The maximum Gasteiger partial charge on any atom is 0.272 e. The van der Waals surface area contributed by atoms with Crippen LogP contribution in [0.2, 0.25) is 0 Å². The van der Waals surface area contributed by atoms with Crippen LogP contribution in [0.1, 0.15) is 31.3 Å². The molecular weight excluding hydrogens is 238 g/mol. The number of amides is 1. The lowest BCUT2D eigenvalue weighted by Crippen LogP contribution is -2.36. The molecule has 0 bridgehead atoms. The third-order valence-electron chi connectivity index (χ3n) is 3.20. The molecule has 0 aliphatic rings. The highest BCUT2D eigenvalue weighted by Gasteiger charge is 2.14. The molecule has 1 aromatic carbocycles. The van der Waals surface area contributed by atoms with Crippen LogP contribution in [0, 0.1) is 5.92 Å². The molecule has 4 heteroatoms. The van der Waals surface area contributed by atoms with Crippen molar-refractivity contribution in [3.63, 3.8) is 0 Å². The van der Waals surface area contributed by atoms with Crippen LogP contribution in [0.4, 0.5) is 0 Å². The van der Waals surface area contributed by atoms with Crippen molar-refractivity contribution in [2.75, 3.05) is 0 Å². The largest absolute Gasteiger partial charge is 0.348 e. The number of benzene rings is 1. The van der Waals surface area contributed by atoms with Gasteiger partial charge in [0.15, 0.2) is 5.69 Å². The van der Waals surface area contributed by atoms with Gasteiger partial charge in [-0.25, -0.2) is 4.68 Å². The fourth-order valence-corrected chi connectivity index (χ4v) is 1.62. The third-order valence-corrected chi connectivity index (χ3v) is 3.20. The lowest BCUT2D eigenvalue weighted by molar-refractivity contribution is 0.0925. The van der Waals surface area contributed by atoms with E-state index in [1.165, 1.54) is 0 Å². The van der Waals surface area contributed by atoms with E-state index in [0.717, 1.165) is 5.69 Å². The van der Waals surface area contributed by atoms with Gasteiger partial charge in [0.2, 0.25) is 0 Å². The summed E-state index contributed by atoms with van der Waals surface area (Å²) >= 11 is 0. The predicted octanol–water partition coefficient (Wildman–Crippen LogP) is 2.65. The Hall–Kier alpha value is -2.10. The van der Waals surface area contributed by atoms with Crippen molar-refractivity contribution in [2.45, 2.75) is 26.8 Å². The summed E-state index contributed by atoms with van der Waals surface area (Å²) in [5.74, 6) is 0.274. The van der Waals surface area contributed by atoms with E-state index in [2.05, 4.69) is 24.3 Å². The zero-order valence-corrected chi connectivity index (χ0v) is 11.5. The molecule has 2 rings (SSSR count). The lowest BCUT2D eigenvalue weighted by atomic mass is 10.1. The molecule has 0 saturated carbocycles. The summed E-state index contributed by atoms with van der Waals surface area (Å²) in [5.41, 5.74) is 1.38. The maximum atomic E-state index is 12.0. The molecule has 2 aromatic rings. The van der Waals surface area contributed by atoms with Gasteiger partial charge in [0, 0.05) is 12.2 Å². The first-order valence-electron chi connectivity index (χ1n) is 6.50. The van der Waals surface area contributed by atoms with Crippen LogP contribution < -0.4 is 5.32 Å². The number of nitrogens with one attached hydrogen (secondary N) is 1. The molecule has 0 spiro atoms. The van der Waals surface area contributed by atoms with Crippen LogP contribution >= 0.6 is 0 Å². The summed E-state index contributed by atoms with van der Waals surface area (Å²) in [6.45, 7) is 6.15. The highest BCUT2D eigenvalue weighted by molar-refractivity contribution is 5.92. The minimum atomic E-state index is -0.129. The van der Waals surface area contributed by atoms with E-state index < -0.39 is 0 Å². The molecule has 1 heterocycles. The second kappa shape index (κ2) is 5.69. The second-order valence-electron chi connectivity index (χ2n) is 4.99. The van der Waals surface area contributed by atoms with Gasteiger partial charge < -0.3 is 5.32 Å². The molecule has 1 atom stereocenters. The molecule has 1 N–H and O–H groups in total. The molecule has 1 aromatic heterocycles. The molecule has 0 aliphatic heterocycles. The highest BCUT2D eigenvalue weighted by atomic mass is 16.2. The number of carbonyl (C=O) groups excluding carboxylic acids is 1. The molecule has 100 valence electrons. The first kappa shape index (κ1) is 13.3. The van der Waals surface area contributed by atoms with Crippen molar-refractivity contribution >= 4 is 5.91 Å². The molecule has 4 nitrogen and oxygen atoms in total. The van der Waals surface area contributed by atoms with E-state index >= 15 is 0 Å². The summed E-state index contributed by atoms with van der Waals surface area (Å²) in [7, 11) is 0. The second-order valence-corrected chi connectivity index (χ2v) is 4.99. The minimum absolute atomic E-state index is 0.129. The average molecular weight is 257 g/mol. The van der Waals surface area contributed by atoms with Crippen molar-refractivity contribution < 1.29 is 4.79 Å². The van der Waals surface area contributed by atoms with Gasteiger partial charge in [-0.15, -0.1) is 0 Å². The monoisotopic (exact) mass is 257 g/mol. The van der Waals surface area contributed by atoms with Gasteiger partial charge in [-0.05, 0) is 31.0 Å². The van der Waals surface area contributed by atoms with Gasteiger partial charge in [-0.2, -0.15) is 5.10 Å². The summed E-state index contributed by atoms with van der Waals surface area (Å²) in [6, 6.07) is 11.6. The molecular formula is C15H19N3O. The summed E-state index contributed by atoms with van der Waals surface area (Å²) in [6.07, 6.45) is 1.80. The molecule has 0 aliphatic carbocycles. The fourth-order valence-electron chi connectivity index (χ4n) is 1.62. The first-order valence-corrected chi connectivity index (χ1v) is 6.50. The molecule has 0 saturated heterocycles. The van der Waals surface area contributed by atoms with Crippen LogP contribution in [-0.2, 0) is 0 Å². The Balaban J connectivity index is 2.11. The fraction of sp³-hybridized carbons (Fsp3) is 0.333. The average Bonchev–Trinajstić information content (AvgIpc) is 2.89. The number of nitrogens with zero attached hydrogens (tertiary/aromatic N) is 2.